The summed E-state index contributed by atoms with van der Waals surface area (Å²) in [6.45, 7) is 5.65. The lowest BCUT2D eigenvalue weighted by atomic mass is 9.85. The molecule has 0 saturated heterocycles. The quantitative estimate of drug-likeness (QED) is 0.241. The Kier molecular flexibility index (Phi) is 10.6. The number of thioether (sulfide) groups is 1. The highest BCUT2D eigenvalue weighted by atomic mass is 32.2. The molecular formula is C32H30N4O7S. The van der Waals surface area contributed by atoms with E-state index in [-0.39, 0.29) is 36.0 Å². The van der Waals surface area contributed by atoms with E-state index in [1.54, 1.807) is 81.4 Å². The molecule has 2 amide bonds. The van der Waals surface area contributed by atoms with Gasteiger partial charge in [-0.25, -0.2) is 9.59 Å². The van der Waals surface area contributed by atoms with E-state index < -0.39 is 23.8 Å². The highest BCUT2D eigenvalue weighted by Gasteiger charge is 2.36. The van der Waals surface area contributed by atoms with Gasteiger partial charge in [0.25, 0.3) is 5.91 Å². The first-order valence-electron chi connectivity index (χ1n) is 13.7. The van der Waals surface area contributed by atoms with E-state index in [4.69, 9.17) is 13.9 Å². The number of anilines is 2. The summed E-state index contributed by atoms with van der Waals surface area (Å²) in [7, 11) is 0. The Labute approximate surface area is 258 Å². The van der Waals surface area contributed by atoms with Crippen molar-refractivity contribution in [2.45, 2.75) is 26.7 Å². The smallest absolute Gasteiger partial charge is 0.338 e. The summed E-state index contributed by atoms with van der Waals surface area (Å²) in [4.78, 5) is 50.2. The van der Waals surface area contributed by atoms with E-state index in [2.05, 4.69) is 22.0 Å². The normalized spacial score (nSPS) is 14.3. The third-order valence-electron chi connectivity index (χ3n) is 6.40. The Morgan fingerprint density at radius 3 is 1.98 bits per heavy atom. The molecular weight excluding hydrogens is 584 g/mol. The van der Waals surface area contributed by atoms with Gasteiger partial charge in [0.2, 0.25) is 5.91 Å². The first-order chi connectivity index (χ1) is 21.2. The molecule has 3 N–H and O–H groups in total. The van der Waals surface area contributed by atoms with Crippen molar-refractivity contribution in [2.75, 3.05) is 29.6 Å². The van der Waals surface area contributed by atoms with Crippen molar-refractivity contribution in [1.29, 1.82) is 5.26 Å². The van der Waals surface area contributed by atoms with E-state index in [0.717, 1.165) is 11.8 Å². The molecule has 0 aliphatic carbocycles. The zero-order valence-corrected chi connectivity index (χ0v) is 25.1. The van der Waals surface area contributed by atoms with Crippen molar-refractivity contribution in [2.24, 2.45) is 0 Å². The average molecular weight is 615 g/mol. The topological polar surface area (TPSA) is 160 Å². The standard InChI is InChI=1S/C32H30N4O7S/c1-4-41-31(39)20-8-12-22(13-9-20)35-26(37)18-44-30-24(17-33)28(25-7-6-16-43-25)27(19(3)34-30)29(38)36-23-14-10-21(11-15-23)32(40)42-5-2/h6-16,28,34H,4-5,18H2,1-3H3,(H,35,37)(H,36,38)/t28-/m0/s1. The number of amides is 2. The van der Waals surface area contributed by atoms with Crippen LogP contribution in [0.15, 0.2) is 93.2 Å². The molecule has 226 valence electrons. The SMILES string of the molecule is CCOC(=O)c1ccc(NC(=O)CSC2=C(C#N)[C@@H](c3ccco3)C(C(=O)Nc3ccc(C(=O)OCC)cc3)=C(C)N2)cc1. The van der Waals surface area contributed by atoms with Crippen LogP contribution in [-0.2, 0) is 19.1 Å². The molecule has 3 aromatic rings. The molecule has 2 aromatic carbocycles. The van der Waals surface area contributed by atoms with Gasteiger partial charge in [0.1, 0.15) is 5.76 Å². The first-order valence-corrected chi connectivity index (χ1v) is 14.7. The lowest BCUT2D eigenvalue weighted by Gasteiger charge is -2.28. The second kappa shape index (κ2) is 14.8. The molecule has 44 heavy (non-hydrogen) atoms. The average Bonchev–Trinajstić information content (AvgIpc) is 3.55. The molecule has 1 aliphatic heterocycles. The second-order valence-corrected chi connectivity index (χ2v) is 10.3. The largest absolute Gasteiger partial charge is 0.468 e. The number of benzene rings is 2. The summed E-state index contributed by atoms with van der Waals surface area (Å²) in [6, 6.07) is 18.1. The molecule has 12 heteroatoms. The molecule has 1 aliphatic rings. The van der Waals surface area contributed by atoms with Gasteiger partial charge in [-0.15, -0.1) is 0 Å². The minimum absolute atomic E-state index is 0.0420. The Balaban J connectivity index is 1.49. The first kappa shape index (κ1) is 31.7. The maximum absolute atomic E-state index is 13.6. The number of dihydropyridines is 1. The zero-order valence-electron chi connectivity index (χ0n) is 24.3. The fourth-order valence-corrected chi connectivity index (χ4v) is 5.30. The highest BCUT2D eigenvalue weighted by Crippen LogP contribution is 2.41. The van der Waals surface area contributed by atoms with Gasteiger partial charge in [0, 0.05) is 17.1 Å². The number of hydrogen-bond acceptors (Lipinski definition) is 10. The minimum atomic E-state index is -0.837. The minimum Gasteiger partial charge on any atom is -0.468 e. The third-order valence-corrected chi connectivity index (χ3v) is 7.42. The maximum atomic E-state index is 13.6. The van der Waals surface area contributed by atoms with Gasteiger partial charge < -0.3 is 29.8 Å². The molecule has 0 saturated carbocycles. The van der Waals surface area contributed by atoms with Crippen molar-refractivity contribution in [3.8, 4) is 6.07 Å². The number of rotatable bonds is 11. The van der Waals surface area contributed by atoms with Gasteiger partial charge in [-0.1, -0.05) is 11.8 Å². The van der Waals surface area contributed by atoms with Crippen LogP contribution in [-0.4, -0.2) is 42.7 Å². The predicted molar refractivity (Wildman–Crippen MR) is 164 cm³/mol. The fourth-order valence-electron chi connectivity index (χ4n) is 4.41. The van der Waals surface area contributed by atoms with Gasteiger partial charge in [0.15, 0.2) is 0 Å². The summed E-state index contributed by atoms with van der Waals surface area (Å²) < 4.78 is 15.6. The van der Waals surface area contributed by atoms with Crippen LogP contribution in [0.1, 0.15) is 53.2 Å². The van der Waals surface area contributed by atoms with E-state index >= 15 is 0 Å². The van der Waals surface area contributed by atoms with Crippen molar-refractivity contribution < 1.29 is 33.1 Å². The lowest BCUT2D eigenvalue weighted by molar-refractivity contribution is -0.114. The van der Waals surface area contributed by atoms with Crippen LogP contribution in [0, 0.1) is 11.3 Å². The number of nitrogens with zero attached hydrogens (tertiary/aromatic N) is 1. The van der Waals surface area contributed by atoms with Gasteiger partial charge in [-0.3, -0.25) is 9.59 Å². The Morgan fingerprint density at radius 2 is 1.48 bits per heavy atom. The van der Waals surface area contributed by atoms with E-state index in [1.165, 1.54) is 6.26 Å². The summed E-state index contributed by atoms with van der Waals surface area (Å²) in [6.07, 6.45) is 1.46. The lowest BCUT2D eigenvalue weighted by Crippen LogP contribution is -2.31. The summed E-state index contributed by atoms with van der Waals surface area (Å²) >= 11 is 1.11. The van der Waals surface area contributed by atoms with Crippen LogP contribution in [0.3, 0.4) is 0 Å². The summed E-state index contributed by atoms with van der Waals surface area (Å²) in [5, 5.41) is 19.3. The van der Waals surface area contributed by atoms with Crippen LogP contribution in [0.25, 0.3) is 0 Å². The molecule has 0 fully saturated rings. The highest BCUT2D eigenvalue weighted by molar-refractivity contribution is 8.03. The van der Waals surface area contributed by atoms with Crippen LogP contribution < -0.4 is 16.0 Å². The zero-order chi connectivity index (χ0) is 31.6. The molecule has 4 rings (SSSR count). The number of carbonyl (C=O) groups is 4. The van der Waals surface area contributed by atoms with Gasteiger partial charge in [-0.05, 0) is 81.4 Å². The summed E-state index contributed by atoms with van der Waals surface area (Å²) in [5.41, 5.74) is 2.61. The van der Waals surface area contributed by atoms with Gasteiger partial charge in [0.05, 0.1) is 64.5 Å². The Morgan fingerprint density at radius 1 is 0.909 bits per heavy atom. The molecule has 0 spiro atoms. The number of nitrogens with one attached hydrogen (secondary N) is 3. The fraction of sp³-hybridized carbons (Fsp3) is 0.219. The van der Waals surface area contributed by atoms with Crippen LogP contribution in [0.5, 0.6) is 0 Å². The van der Waals surface area contributed by atoms with Crippen LogP contribution >= 0.6 is 11.8 Å². The van der Waals surface area contributed by atoms with Crippen LogP contribution in [0.2, 0.25) is 0 Å². The van der Waals surface area contributed by atoms with Crippen molar-refractivity contribution in [3.63, 3.8) is 0 Å². The number of furan rings is 1. The van der Waals surface area contributed by atoms with Crippen molar-refractivity contribution in [3.05, 3.63) is 106 Å². The number of ether oxygens (including phenoxy) is 2. The third kappa shape index (κ3) is 7.56. The van der Waals surface area contributed by atoms with Gasteiger partial charge >= 0.3 is 11.9 Å². The second-order valence-electron chi connectivity index (χ2n) is 9.35. The number of esters is 2. The van der Waals surface area contributed by atoms with E-state index in [0.29, 0.717) is 39.0 Å². The Bertz CT molecular complexity index is 1640. The summed E-state index contributed by atoms with van der Waals surface area (Å²) in [5.74, 6) is -2.22. The molecule has 11 nitrogen and oxygen atoms in total. The van der Waals surface area contributed by atoms with E-state index in [1.807, 2.05) is 0 Å². The van der Waals surface area contributed by atoms with Gasteiger partial charge in [-0.2, -0.15) is 5.26 Å². The molecule has 0 unspecified atom stereocenters. The van der Waals surface area contributed by atoms with Crippen LogP contribution in [0.4, 0.5) is 11.4 Å². The number of nitriles is 1. The number of hydrogen-bond donors (Lipinski definition) is 3. The van der Waals surface area contributed by atoms with Crippen molar-refractivity contribution >= 4 is 46.9 Å². The molecule has 0 bridgehead atoms. The Hall–Kier alpha value is -5.28. The number of carbonyl (C=O) groups excluding carboxylic acids is 4. The monoisotopic (exact) mass is 614 g/mol. The molecule has 1 atom stereocenters. The van der Waals surface area contributed by atoms with E-state index in [9.17, 15) is 24.4 Å². The molecule has 0 radical (unpaired) electrons. The maximum Gasteiger partial charge on any atom is 0.338 e. The predicted octanol–water partition coefficient (Wildman–Crippen LogP) is 5.34. The van der Waals surface area contributed by atoms with Crippen molar-refractivity contribution in [1.82, 2.24) is 5.32 Å². The molecule has 2 heterocycles. The number of allylic oxidation sites excluding steroid dienone is 2. The molecule has 1 aromatic heterocycles.